The number of rotatable bonds is 3. The molecule has 24 heavy (non-hydrogen) atoms. The predicted octanol–water partition coefficient (Wildman–Crippen LogP) is 1.53. The van der Waals surface area contributed by atoms with E-state index in [0.717, 1.165) is 44.2 Å². The van der Waals surface area contributed by atoms with Crippen LogP contribution in [0.4, 0.5) is 11.9 Å². The molecule has 1 spiro atoms. The Labute approximate surface area is 141 Å². The largest absolute Gasteiger partial charge is 0.371 e. The quantitative estimate of drug-likeness (QED) is 0.847. The fourth-order valence-electron chi connectivity index (χ4n) is 3.71. The first kappa shape index (κ1) is 15.3. The second kappa shape index (κ2) is 6.32. The minimum Gasteiger partial charge on any atom is -0.371 e. The van der Waals surface area contributed by atoms with Crippen LogP contribution in [0.2, 0.25) is 0 Å². The van der Waals surface area contributed by atoms with Crippen LogP contribution in [0.3, 0.4) is 0 Å². The summed E-state index contributed by atoms with van der Waals surface area (Å²) in [6.07, 6.45) is 10.3. The van der Waals surface area contributed by atoms with Gasteiger partial charge < -0.3 is 14.5 Å². The summed E-state index contributed by atoms with van der Waals surface area (Å²) in [5.74, 6) is 1.55. The standard InChI is InChI=1S/C17H22N6O/c1-22(15-18-6-3-7-19-15)14-11-17(24-12-14)5-2-10-23(13-17)16-20-8-4-9-21-16/h3-4,6-9,14H,2,5,10-13H2,1H3/t14-,17+/m1/s1. The molecule has 0 amide bonds. The van der Waals surface area contributed by atoms with E-state index in [9.17, 15) is 0 Å². The maximum atomic E-state index is 6.29. The van der Waals surface area contributed by atoms with E-state index in [0.29, 0.717) is 12.6 Å². The second-order valence-corrected chi connectivity index (χ2v) is 6.59. The van der Waals surface area contributed by atoms with Crippen molar-refractivity contribution < 1.29 is 4.74 Å². The van der Waals surface area contributed by atoms with Gasteiger partial charge in [0.15, 0.2) is 0 Å². The highest BCUT2D eigenvalue weighted by atomic mass is 16.5. The summed E-state index contributed by atoms with van der Waals surface area (Å²) in [5.41, 5.74) is -0.120. The number of anilines is 2. The molecule has 2 aliphatic rings. The van der Waals surface area contributed by atoms with Crippen LogP contribution in [0, 0.1) is 0 Å². The molecule has 0 bridgehead atoms. The molecule has 2 aliphatic heterocycles. The molecule has 4 rings (SSSR count). The molecule has 2 saturated heterocycles. The smallest absolute Gasteiger partial charge is 0.225 e. The monoisotopic (exact) mass is 326 g/mol. The lowest BCUT2D eigenvalue weighted by molar-refractivity contribution is -0.00679. The van der Waals surface area contributed by atoms with Crippen LogP contribution >= 0.6 is 0 Å². The van der Waals surface area contributed by atoms with E-state index in [4.69, 9.17) is 4.74 Å². The van der Waals surface area contributed by atoms with Crippen LogP contribution in [0.5, 0.6) is 0 Å². The van der Waals surface area contributed by atoms with E-state index in [2.05, 4.69) is 29.7 Å². The van der Waals surface area contributed by atoms with Crippen molar-refractivity contribution in [2.75, 3.05) is 36.5 Å². The molecule has 126 valence electrons. The van der Waals surface area contributed by atoms with Gasteiger partial charge in [0.2, 0.25) is 11.9 Å². The summed E-state index contributed by atoms with van der Waals surface area (Å²) in [4.78, 5) is 21.8. The highest BCUT2D eigenvalue weighted by Crippen LogP contribution is 2.37. The first-order valence-corrected chi connectivity index (χ1v) is 8.42. The Morgan fingerprint density at radius 2 is 1.83 bits per heavy atom. The summed E-state index contributed by atoms with van der Waals surface area (Å²) >= 11 is 0. The SMILES string of the molecule is CN(c1ncccn1)[C@H]1CO[C@@]2(CCCN(c3ncccn3)C2)C1. The van der Waals surface area contributed by atoms with E-state index >= 15 is 0 Å². The Morgan fingerprint density at radius 3 is 2.58 bits per heavy atom. The average Bonchev–Trinajstić information content (AvgIpc) is 3.06. The van der Waals surface area contributed by atoms with Crippen LogP contribution < -0.4 is 9.80 Å². The van der Waals surface area contributed by atoms with Gasteiger partial charge in [-0.25, -0.2) is 19.9 Å². The van der Waals surface area contributed by atoms with Crippen LogP contribution in [0.15, 0.2) is 36.9 Å². The van der Waals surface area contributed by atoms with Crippen molar-refractivity contribution in [1.82, 2.24) is 19.9 Å². The average molecular weight is 326 g/mol. The predicted molar refractivity (Wildman–Crippen MR) is 91.0 cm³/mol. The Hall–Kier alpha value is -2.28. The van der Waals surface area contributed by atoms with Gasteiger partial charge in [-0.2, -0.15) is 0 Å². The van der Waals surface area contributed by atoms with Gasteiger partial charge in [-0.05, 0) is 25.0 Å². The number of likely N-dealkylation sites (N-methyl/N-ethyl adjacent to an activating group) is 1. The Kier molecular flexibility index (Phi) is 4.02. The van der Waals surface area contributed by atoms with Gasteiger partial charge in [0, 0.05) is 51.3 Å². The topological polar surface area (TPSA) is 67.3 Å². The molecule has 2 fully saturated rings. The molecule has 2 aromatic rings. The molecule has 0 unspecified atom stereocenters. The molecule has 0 radical (unpaired) electrons. The Bertz CT molecular complexity index is 669. The minimum absolute atomic E-state index is 0.120. The van der Waals surface area contributed by atoms with Crippen LogP contribution in [0.1, 0.15) is 19.3 Å². The zero-order valence-corrected chi connectivity index (χ0v) is 13.9. The highest BCUT2D eigenvalue weighted by Gasteiger charge is 2.45. The molecule has 0 saturated carbocycles. The Balaban J connectivity index is 1.47. The van der Waals surface area contributed by atoms with Gasteiger partial charge in [-0.1, -0.05) is 0 Å². The van der Waals surface area contributed by atoms with Gasteiger partial charge >= 0.3 is 0 Å². The molecular weight excluding hydrogens is 304 g/mol. The normalized spacial score (nSPS) is 26.7. The molecular formula is C17H22N6O. The molecule has 7 nitrogen and oxygen atoms in total. The summed E-state index contributed by atoms with van der Waals surface area (Å²) < 4.78 is 6.29. The summed E-state index contributed by atoms with van der Waals surface area (Å²) in [5, 5.41) is 0. The van der Waals surface area contributed by atoms with Crippen LogP contribution in [0.25, 0.3) is 0 Å². The first-order valence-electron chi connectivity index (χ1n) is 8.42. The molecule has 7 heteroatoms. The summed E-state index contributed by atoms with van der Waals surface area (Å²) in [7, 11) is 2.04. The zero-order chi connectivity index (χ0) is 16.4. The molecule has 0 aromatic carbocycles. The van der Waals surface area contributed by atoms with Crippen LogP contribution in [-0.4, -0.2) is 58.3 Å². The summed E-state index contributed by atoms with van der Waals surface area (Å²) in [6.45, 7) is 2.53. The number of hydrogen-bond acceptors (Lipinski definition) is 7. The third-order valence-electron chi connectivity index (χ3n) is 4.98. The van der Waals surface area contributed by atoms with Gasteiger partial charge in [-0.15, -0.1) is 0 Å². The Morgan fingerprint density at radius 1 is 1.12 bits per heavy atom. The van der Waals surface area contributed by atoms with E-state index in [-0.39, 0.29) is 5.60 Å². The highest BCUT2D eigenvalue weighted by molar-refractivity contribution is 5.33. The molecule has 4 heterocycles. The fraction of sp³-hybridized carbons (Fsp3) is 0.529. The van der Waals surface area contributed by atoms with Crippen molar-refractivity contribution in [2.45, 2.75) is 30.9 Å². The van der Waals surface area contributed by atoms with Gasteiger partial charge in [-0.3, -0.25) is 0 Å². The third-order valence-corrected chi connectivity index (χ3v) is 4.98. The molecule has 0 N–H and O–H groups in total. The van der Waals surface area contributed by atoms with Gasteiger partial charge in [0.1, 0.15) is 0 Å². The first-order chi connectivity index (χ1) is 11.8. The molecule has 0 aliphatic carbocycles. The lowest BCUT2D eigenvalue weighted by Gasteiger charge is -2.39. The van der Waals surface area contributed by atoms with Crippen molar-refractivity contribution in [3.8, 4) is 0 Å². The molecule has 2 atom stereocenters. The van der Waals surface area contributed by atoms with Gasteiger partial charge in [0.25, 0.3) is 0 Å². The van der Waals surface area contributed by atoms with Crippen molar-refractivity contribution in [3.63, 3.8) is 0 Å². The van der Waals surface area contributed by atoms with Crippen LogP contribution in [-0.2, 0) is 4.74 Å². The number of hydrogen-bond donors (Lipinski definition) is 0. The second-order valence-electron chi connectivity index (χ2n) is 6.59. The van der Waals surface area contributed by atoms with Gasteiger partial charge in [0.05, 0.1) is 18.2 Å². The van der Waals surface area contributed by atoms with Crippen molar-refractivity contribution in [1.29, 1.82) is 0 Å². The van der Waals surface area contributed by atoms with Crippen molar-refractivity contribution in [3.05, 3.63) is 36.9 Å². The summed E-state index contributed by atoms with van der Waals surface area (Å²) in [6, 6.07) is 3.98. The van der Waals surface area contributed by atoms with E-state index in [1.165, 1.54) is 0 Å². The van der Waals surface area contributed by atoms with Crippen molar-refractivity contribution in [2.24, 2.45) is 0 Å². The maximum absolute atomic E-state index is 6.29. The lowest BCUT2D eigenvalue weighted by atomic mass is 9.88. The van der Waals surface area contributed by atoms with Crippen molar-refractivity contribution >= 4 is 11.9 Å². The number of piperidine rings is 1. The minimum atomic E-state index is -0.120. The lowest BCUT2D eigenvalue weighted by Crippen LogP contribution is -2.49. The number of aromatic nitrogens is 4. The fourth-order valence-corrected chi connectivity index (χ4v) is 3.71. The third kappa shape index (κ3) is 2.91. The zero-order valence-electron chi connectivity index (χ0n) is 13.9. The maximum Gasteiger partial charge on any atom is 0.225 e. The van der Waals surface area contributed by atoms with E-state index in [1.54, 1.807) is 24.8 Å². The number of nitrogens with zero attached hydrogens (tertiary/aromatic N) is 6. The number of ether oxygens (including phenoxy) is 1. The molecule has 2 aromatic heterocycles. The van der Waals surface area contributed by atoms with E-state index < -0.39 is 0 Å². The van der Waals surface area contributed by atoms with E-state index in [1.807, 2.05) is 19.2 Å².